The Morgan fingerprint density at radius 2 is 0.557 bits per heavy atom. The van der Waals surface area contributed by atoms with E-state index in [1.165, 1.54) is 109 Å². The Bertz CT molecular complexity index is 1400. The van der Waals surface area contributed by atoms with Crippen molar-refractivity contribution in [3.8, 4) is 0 Å². The molecular weight excluding hydrogens is 865 g/mol. The molecule has 0 fully saturated rings. The second-order valence-corrected chi connectivity index (χ2v) is 19.2. The summed E-state index contributed by atoms with van der Waals surface area (Å²) in [5.41, 5.74) is 0. The Kier molecular flexibility index (Phi) is 54.9. The van der Waals surface area contributed by atoms with Gasteiger partial charge >= 0.3 is 17.9 Å². The van der Waals surface area contributed by atoms with E-state index < -0.39 is 6.10 Å². The third-order valence-electron chi connectivity index (χ3n) is 12.3. The summed E-state index contributed by atoms with van der Waals surface area (Å²) in [6.45, 7) is 6.47. The second-order valence-electron chi connectivity index (χ2n) is 19.2. The molecule has 0 spiro atoms. The molecule has 6 heteroatoms. The second kappa shape index (κ2) is 57.9. The molecule has 0 aromatic heterocycles. The number of rotatable bonds is 52. The monoisotopic (exact) mass is 973 g/mol. The quantitative estimate of drug-likeness (QED) is 0.0262. The summed E-state index contributed by atoms with van der Waals surface area (Å²) in [5.74, 6) is -0.907. The van der Waals surface area contributed by atoms with Gasteiger partial charge in [0.15, 0.2) is 6.10 Å². The van der Waals surface area contributed by atoms with E-state index in [2.05, 4.69) is 118 Å². The maximum atomic E-state index is 12.9. The summed E-state index contributed by atoms with van der Waals surface area (Å²) in [4.78, 5) is 38.1. The minimum absolute atomic E-state index is 0.0854. The van der Waals surface area contributed by atoms with E-state index in [-0.39, 0.29) is 31.1 Å². The van der Waals surface area contributed by atoms with E-state index >= 15 is 0 Å². The van der Waals surface area contributed by atoms with Gasteiger partial charge in [-0.05, 0) is 103 Å². The molecule has 6 nitrogen and oxygen atoms in total. The fraction of sp³-hybridized carbons (Fsp3) is 0.703. The van der Waals surface area contributed by atoms with Crippen LogP contribution in [0.4, 0.5) is 0 Å². The first-order valence-electron chi connectivity index (χ1n) is 29.2. The van der Waals surface area contributed by atoms with Crippen LogP contribution in [-0.2, 0) is 28.6 Å². The lowest BCUT2D eigenvalue weighted by Gasteiger charge is -2.18. The number of allylic oxidation sites excluding steroid dienone is 16. The van der Waals surface area contributed by atoms with Crippen LogP contribution in [0.15, 0.2) is 97.2 Å². The van der Waals surface area contributed by atoms with Gasteiger partial charge in [0.25, 0.3) is 0 Å². The van der Waals surface area contributed by atoms with Gasteiger partial charge in [0, 0.05) is 19.3 Å². The molecular formula is C64H108O6. The zero-order chi connectivity index (χ0) is 50.7. The lowest BCUT2D eigenvalue weighted by atomic mass is 10.1. The summed E-state index contributed by atoms with van der Waals surface area (Å²) in [5, 5.41) is 0. The summed E-state index contributed by atoms with van der Waals surface area (Å²) in [7, 11) is 0. The maximum absolute atomic E-state index is 12.9. The molecule has 0 saturated heterocycles. The molecule has 0 aromatic rings. The van der Waals surface area contributed by atoms with Gasteiger partial charge in [-0.15, -0.1) is 0 Å². The van der Waals surface area contributed by atoms with Crippen molar-refractivity contribution >= 4 is 17.9 Å². The molecule has 0 rings (SSSR count). The van der Waals surface area contributed by atoms with Crippen LogP contribution in [0, 0.1) is 0 Å². The third kappa shape index (κ3) is 55.3. The molecule has 0 heterocycles. The van der Waals surface area contributed by atoms with Crippen molar-refractivity contribution < 1.29 is 28.6 Å². The summed E-state index contributed by atoms with van der Waals surface area (Å²) in [6, 6.07) is 0. The van der Waals surface area contributed by atoms with E-state index in [0.717, 1.165) is 122 Å². The number of hydrogen-bond donors (Lipinski definition) is 0. The number of carbonyl (C=O) groups excluding carboxylic acids is 3. The maximum Gasteiger partial charge on any atom is 0.306 e. The van der Waals surface area contributed by atoms with E-state index in [9.17, 15) is 14.4 Å². The van der Waals surface area contributed by atoms with Crippen LogP contribution in [0.1, 0.15) is 271 Å². The van der Waals surface area contributed by atoms with E-state index in [4.69, 9.17) is 14.2 Å². The number of ether oxygens (including phenoxy) is 3. The van der Waals surface area contributed by atoms with Gasteiger partial charge in [-0.3, -0.25) is 14.4 Å². The highest BCUT2D eigenvalue weighted by molar-refractivity contribution is 5.71. The molecule has 70 heavy (non-hydrogen) atoms. The number of hydrogen-bond acceptors (Lipinski definition) is 6. The summed E-state index contributed by atoms with van der Waals surface area (Å²) >= 11 is 0. The van der Waals surface area contributed by atoms with E-state index in [1.54, 1.807) is 0 Å². The van der Waals surface area contributed by atoms with Gasteiger partial charge in [-0.25, -0.2) is 0 Å². The van der Waals surface area contributed by atoms with Gasteiger partial charge in [0.2, 0.25) is 0 Å². The summed E-state index contributed by atoms with van der Waals surface area (Å²) < 4.78 is 16.8. The van der Waals surface area contributed by atoms with Crippen molar-refractivity contribution in [3.63, 3.8) is 0 Å². The van der Waals surface area contributed by atoms with Crippen LogP contribution in [0.25, 0.3) is 0 Å². The largest absolute Gasteiger partial charge is 0.462 e. The average Bonchev–Trinajstić information content (AvgIpc) is 3.36. The third-order valence-corrected chi connectivity index (χ3v) is 12.3. The van der Waals surface area contributed by atoms with Crippen molar-refractivity contribution in [2.45, 2.75) is 277 Å². The standard InChI is InChI=1S/C64H108O6/c1-4-7-10-13-16-19-22-24-26-28-30-31-32-33-35-36-38-40-42-45-48-51-54-57-63(66)69-60-61(59-68-62(65)56-53-50-47-44-21-18-15-12-9-6-3)70-64(67)58-55-52-49-46-43-41-39-37-34-29-27-25-23-20-17-14-11-8-5-2/h7,10,16-17,19-20,24-27,30-31,33-35,37,61H,4-6,8-9,11-15,18,21-23,28-29,32,36,38-60H2,1-3H3/b10-7-,19-16-,20-17-,26-24-,27-25-,31-30-,35-33-,37-34-. The molecule has 0 aliphatic carbocycles. The topological polar surface area (TPSA) is 78.9 Å². The molecule has 0 N–H and O–H groups in total. The highest BCUT2D eigenvalue weighted by Crippen LogP contribution is 2.15. The highest BCUT2D eigenvalue weighted by Gasteiger charge is 2.19. The average molecular weight is 974 g/mol. The van der Waals surface area contributed by atoms with Crippen LogP contribution in [0.5, 0.6) is 0 Å². The highest BCUT2D eigenvalue weighted by atomic mass is 16.6. The SMILES string of the molecule is CC/C=C\C/C=C\C/C=C\C/C=C\C/C=C\CCCCCCCCCC(=O)OCC(COC(=O)CCCCCCCCCCCC)OC(=O)CCCCCCCC/C=C\C/C=C\C/C=C\CCCCC. The minimum atomic E-state index is -0.789. The molecule has 1 atom stereocenters. The molecule has 1 unspecified atom stereocenters. The Balaban J connectivity index is 4.35. The predicted molar refractivity (Wildman–Crippen MR) is 302 cm³/mol. The van der Waals surface area contributed by atoms with Crippen molar-refractivity contribution in [2.75, 3.05) is 13.2 Å². The van der Waals surface area contributed by atoms with Crippen LogP contribution in [0.2, 0.25) is 0 Å². The Labute approximate surface area is 432 Å². The fourth-order valence-corrected chi connectivity index (χ4v) is 7.95. The fourth-order valence-electron chi connectivity index (χ4n) is 7.95. The molecule has 0 amide bonds. The first kappa shape index (κ1) is 66.3. The lowest BCUT2D eigenvalue weighted by Crippen LogP contribution is -2.30. The molecule has 0 aromatic carbocycles. The Hall–Kier alpha value is -3.67. The van der Waals surface area contributed by atoms with Crippen molar-refractivity contribution in [1.82, 2.24) is 0 Å². The predicted octanol–water partition coefficient (Wildman–Crippen LogP) is 19.7. The molecule has 0 aliphatic heterocycles. The van der Waals surface area contributed by atoms with Crippen molar-refractivity contribution in [3.05, 3.63) is 97.2 Å². The van der Waals surface area contributed by atoms with Gasteiger partial charge in [0.1, 0.15) is 13.2 Å². The van der Waals surface area contributed by atoms with Crippen LogP contribution < -0.4 is 0 Å². The van der Waals surface area contributed by atoms with E-state index in [0.29, 0.717) is 19.3 Å². The molecule has 400 valence electrons. The zero-order valence-corrected chi connectivity index (χ0v) is 45.8. The zero-order valence-electron chi connectivity index (χ0n) is 45.8. The van der Waals surface area contributed by atoms with Crippen LogP contribution in [0.3, 0.4) is 0 Å². The van der Waals surface area contributed by atoms with E-state index in [1.807, 2.05) is 0 Å². The van der Waals surface area contributed by atoms with Gasteiger partial charge in [0.05, 0.1) is 0 Å². The number of esters is 3. The number of carbonyl (C=O) groups is 3. The minimum Gasteiger partial charge on any atom is -0.462 e. The van der Waals surface area contributed by atoms with Crippen LogP contribution >= 0.6 is 0 Å². The van der Waals surface area contributed by atoms with Crippen molar-refractivity contribution in [1.29, 1.82) is 0 Å². The molecule has 0 saturated carbocycles. The van der Waals surface area contributed by atoms with Crippen LogP contribution in [-0.4, -0.2) is 37.2 Å². The normalized spacial score (nSPS) is 12.8. The number of unbranched alkanes of at least 4 members (excludes halogenated alkanes) is 25. The molecule has 0 radical (unpaired) electrons. The van der Waals surface area contributed by atoms with Gasteiger partial charge in [-0.1, -0.05) is 246 Å². The lowest BCUT2D eigenvalue weighted by molar-refractivity contribution is -0.167. The first-order valence-corrected chi connectivity index (χ1v) is 29.2. The van der Waals surface area contributed by atoms with Gasteiger partial charge < -0.3 is 14.2 Å². The summed E-state index contributed by atoms with van der Waals surface area (Å²) in [6.07, 6.45) is 76.8. The molecule has 0 bridgehead atoms. The first-order chi connectivity index (χ1) is 34.5. The Morgan fingerprint density at radius 3 is 0.900 bits per heavy atom. The van der Waals surface area contributed by atoms with Crippen molar-refractivity contribution in [2.24, 2.45) is 0 Å². The molecule has 0 aliphatic rings. The Morgan fingerprint density at radius 1 is 0.300 bits per heavy atom. The smallest absolute Gasteiger partial charge is 0.306 e. The van der Waals surface area contributed by atoms with Gasteiger partial charge in [-0.2, -0.15) is 0 Å².